The highest BCUT2D eigenvalue weighted by Crippen LogP contribution is 2.29. The molecule has 2 heteroatoms. The van der Waals surface area contributed by atoms with Crippen LogP contribution in [0, 0.1) is 10.8 Å². The molecule has 0 saturated heterocycles. The zero-order valence-electron chi connectivity index (χ0n) is 14.7. The van der Waals surface area contributed by atoms with Gasteiger partial charge in [0.15, 0.2) is 0 Å². The van der Waals surface area contributed by atoms with Crippen LogP contribution in [0.15, 0.2) is 0 Å². The van der Waals surface area contributed by atoms with E-state index in [1.54, 1.807) is 0 Å². The van der Waals surface area contributed by atoms with E-state index < -0.39 is 0 Å². The highest BCUT2D eigenvalue weighted by Gasteiger charge is 2.30. The zero-order chi connectivity index (χ0) is 15.6. The first-order chi connectivity index (χ1) is 9.25. The summed E-state index contributed by atoms with van der Waals surface area (Å²) in [5.74, 6) is -0.0304. The summed E-state index contributed by atoms with van der Waals surface area (Å²) in [5, 5.41) is 0. The second-order valence-corrected chi connectivity index (χ2v) is 7.54. The van der Waals surface area contributed by atoms with Crippen LogP contribution < -0.4 is 0 Å². The molecular formula is C18H36O2. The van der Waals surface area contributed by atoms with E-state index in [9.17, 15) is 4.79 Å². The number of unbranched alkanes of at least 4 members (excludes halogenated alkanes) is 4. The Balaban J connectivity index is 4.11. The second-order valence-electron chi connectivity index (χ2n) is 7.54. The number of rotatable bonds is 11. The van der Waals surface area contributed by atoms with Gasteiger partial charge >= 0.3 is 5.97 Å². The quantitative estimate of drug-likeness (QED) is 0.357. The van der Waals surface area contributed by atoms with Gasteiger partial charge in [-0.1, -0.05) is 66.2 Å². The van der Waals surface area contributed by atoms with Gasteiger partial charge in [-0.3, -0.25) is 4.79 Å². The summed E-state index contributed by atoms with van der Waals surface area (Å²) in [5.41, 5.74) is -0.237. The molecule has 0 rings (SSSR count). The maximum absolute atomic E-state index is 12.2. The number of carbonyl (C=O) groups is 1. The Morgan fingerprint density at radius 3 is 1.85 bits per heavy atom. The molecule has 0 aliphatic carbocycles. The molecule has 120 valence electrons. The molecule has 0 spiro atoms. The van der Waals surface area contributed by atoms with Crippen LogP contribution in [0.4, 0.5) is 0 Å². The molecule has 0 unspecified atom stereocenters. The molecule has 0 radical (unpaired) electrons. The van der Waals surface area contributed by atoms with Crippen molar-refractivity contribution in [1.82, 2.24) is 0 Å². The molecule has 0 aromatic heterocycles. The largest absolute Gasteiger partial charge is 0.465 e. The van der Waals surface area contributed by atoms with Crippen LogP contribution in [-0.2, 0) is 9.53 Å². The van der Waals surface area contributed by atoms with Gasteiger partial charge < -0.3 is 4.74 Å². The lowest BCUT2D eigenvalue weighted by atomic mass is 9.86. The molecule has 2 nitrogen and oxygen atoms in total. The molecule has 0 N–H and O–H groups in total. The fourth-order valence-electron chi connectivity index (χ4n) is 2.30. The smallest absolute Gasteiger partial charge is 0.311 e. The fourth-order valence-corrected chi connectivity index (χ4v) is 2.30. The minimum absolute atomic E-state index is 0.0304. The van der Waals surface area contributed by atoms with E-state index in [0.717, 1.165) is 19.3 Å². The second kappa shape index (κ2) is 9.41. The van der Waals surface area contributed by atoms with Gasteiger partial charge in [0.2, 0.25) is 0 Å². The predicted octanol–water partition coefficient (Wildman–Crippen LogP) is 5.74. The molecule has 0 aliphatic rings. The van der Waals surface area contributed by atoms with Crippen LogP contribution in [0.25, 0.3) is 0 Å². The normalized spacial score (nSPS) is 12.5. The highest BCUT2D eigenvalue weighted by molar-refractivity contribution is 5.75. The first-order valence-electron chi connectivity index (χ1n) is 8.42. The number of carbonyl (C=O) groups excluding carboxylic acids is 1. The molecular weight excluding hydrogens is 248 g/mol. The summed E-state index contributed by atoms with van der Waals surface area (Å²) in [6.07, 6.45) is 9.27. The Hall–Kier alpha value is -0.530. The molecule has 0 fully saturated rings. The average Bonchev–Trinajstić information content (AvgIpc) is 2.36. The molecule has 0 atom stereocenters. The van der Waals surface area contributed by atoms with Crippen molar-refractivity contribution in [3.05, 3.63) is 0 Å². The number of hydrogen-bond donors (Lipinski definition) is 0. The fraction of sp³-hybridized carbons (Fsp3) is 0.944. The van der Waals surface area contributed by atoms with Gasteiger partial charge in [-0.15, -0.1) is 0 Å². The lowest BCUT2D eigenvalue weighted by molar-refractivity contribution is -0.157. The summed E-state index contributed by atoms with van der Waals surface area (Å²) < 4.78 is 5.59. The Bertz CT molecular complexity index is 267. The minimum atomic E-state index is -0.339. The van der Waals surface area contributed by atoms with Crippen molar-refractivity contribution < 1.29 is 9.53 Å². The van der Waals surface area contributed by atoms with Crippen LogP contribution in [0.1, 0.15) is 92.9 Å². The van der Waals surface area contributed by atoms with E-state index in [4.69, 9.17) is 4.74 Å². The first kappa shape index (κ1) is 19.5. The van der Waals surface area contributed by atoms with Crippen LogP contribution in [0.3, 0.4) is 0 Å². The van der Waals surface area contributed by atoms with E-state index >= 15 is 0 Å². The summed E-state index contributed by atoms with van der Waals surface area (Å²) in [6.45, 7) is 13.4. The number of hydrogen-bond acceptors (Lipinski definition) is 2. The van der Waals surface area contributed by atoms with Gasteiger partial charge in [-0.05, 0) is 32.1 Å². The summed E-state index contributed by atoms with van der Waals surface area (Å²) >= 11 is 0. The molecule has 0 aromatic rings. The van der Waals surface area contributed by atoms with Crippen LogP contribution in [0.2, 0.25) is 0 Å². The maximum Gasteiger partial charge on any atom is 0.311 e. The number of esters is 1. The van der Waals surface area contributed by atoms with Crippen molar-refractivity contribution >= 4 is 5.97 Å². The third-order valence-corrected chi connectivity index (χ3v) is 4.01. The SMILES string of the molecule is CCCCCC(C)(C)COC(=O)C(C)(C)CCCCC. The van der Waals surface area contributed by atoms with Gasteiger partial charge in [0.25, 0.3) is 0 Å². The van der Waals surface area contributed by atoms with E-state index in [0.29, 0.717) is 6.61 Å². The molecule has 0 aliphatic heterocycles. The van der Waals surface area contributed by atoms with Crippen LogP contribution in [-0.4, -0.2) is 12.6 Å². The molecule has 0 heterocycles. The van der Waals surface area contributed by atoms with Gasteiger partial charge in [0, 0.05) is 0 Å². The molecule has 20 heavy (non-hydrogen) atoms. The Morgan fingerprint density at radius 1 is 0.850 bits per heavy atom. The van der Waals surface area contributed by atoms with E-state index in [2.05, 4.69) is 27.7 Å². The lowest BCUT2D eigenvalue weighted by Crippen LogP contribution is -2.30. The molecule has 0 aromatic carbocycles. The van der Waals surface area contributed by atoms with Gasteiger partial charge in [0.05, 0.1) is 12.0 Å². The van der Waals surface area contributed by atoms with Crippen molar-refractivity contribution in [2.45, 2.75) is 92.9 Å². The summed E-state index contributed by atoms with van der Waals surface area (Å²) in [6, 6.07) is 0. The minimum Gasteiger partial charge on any atom is -0.465 e. The van der Waals surface area contributed by atoms with Crippen molar-refractivity contribution in [3.8, 4) is 0 Å². The zero-order valence-corrected chi connectivity index (χ0v) is 14.7. The maximum atomic E-state index is 12.2. The van der Waals surface area contributed by atoms with Crippen molar-refractivity contribution in [3.63, 3.8) is 0 Å². The summed E-state index contributed by atoms with van der Waals surface area (Å²) in [7, 11) is 0. The molecule has 0 amide bonds. The average molecular weight is 284 g/mol. The van der Waals surface area contributed by atoms with Crippen molar-refractivity contribution in [1.29, 1.82) is 0 Å². The Kier molecular flexibility index (Phi) is 9.16. The number of ether oxygens (including phenoxy) is 1. The standard InChI is InChI=1S/C18H36O2/c1-7-9-11-13-17(3,4)15-20-16(19)18(5,6)14-12-10-8-2/h7-15H2,1-6H3. The van der Waals surface area contributed by atoms with Gasteiger partial charge in [-0.2, -0.15) is 0 Å². The Morgan fingerprint density at radius 2 is 1.35 bits per heavy atom. The van der Waals surface area contributed by atoms with Crippen molar-refractivity contribution in [2.75, 3.05) is 6.61 Å². The van der Waals surface area contributed by atoms with E-state index in [-0.39, 0.29) is 16.8 Å². The third-order valence-electron chi connectivity index (χ3n) is 4.01. The molecule has 0 bridgehead atoms. The van der Waals surface area contributed by atoms with E-state index in [1.807, 2.05) is 13.8 Å². The van der Waals surface area contributed by atoms with Crippen LogP contribution >= 0.6 is 0 Å². The van der Waals surface area contributed by atoms with E-state index in [1.165, 1.54) is 32.1 Å². The third kappa shape index (κ3) is 8.60. The lowest BCUT2D eigenvalue weighted by Gasteiger charge is -2.28. The van der Waals surface area contributed by atoms with Gasteiger partial charge in [0.1, 0.15) is 0 Å². The van der Waals surface area contributed by atoms with Gasteiger partial charge in [-0.25, -0.2) is 0 Å². The monoisotopic (exact) mass is 284 g/mol. The highest BCUT2D eigenvalue weighted by atomic mass is 16.5. The van der Waals surface area contributed by atoms with Crippen molar-refractivity contribution in [2.24, 2.45) is 10.8 Å². The predicted molar refractivity (Wildman–Crippen MR) is 86.8 cm³/mol. The Labute approximate surface area is 126 Å². The topological polar surface area (TPSA) is 26.3 Å². The molecule has 0 saturated carbocycles. The summed E-state index contributed by atoms with van der Waals surface area (Å²) in [4.78, 5) is 12.2. The van der Waals surface area contributed by atoms with Crippen LogP contribution in [0.5, 0.6) is 0 Å². The first-order valence-corrected chi connectivity index (χ1v) is 8.42.